The second-order valence-electron chi connectivity index (χ2n) is 6.21. The Morgan fingerprint density at radius 1 is 1.39 bits per heavy atom. The van der Waals surface area contributed by atoms with Crippen molar-refractivity contribution in [1.29, 1.82) is 0 Å². The predicted octanol–water partition coefficient (Wildman–Crippen LogP) is 3.84. The second-order valence-corrected chi connectivity index (χ2v) is 7.13. The molecule has 0 saturated carbocycles. The highest BCUT2D eigenvalue weighted by molar-refractivity contribution is 9.10. The largest absolute Gasteiger partial charge is 0.352 e. The van der Waals surface area contributed by atoms with E-state index in [-0.39, 0.29) is 11.7 Å². The number of carbonyl (C=O) groups is 1. The van der Waals surface area contributed by atoms with E-state index in [1.807, 2.05) is 0 Å². The van der Waals surface area contributed by atoms with Crippen LogP contribution < -0.4 is 5.32 Å². The third kappa shape index (κ3) is 6.43. The third-order valence-electron chi connectivity index (χ3n) is 4.02. The van der Waals surface area contributed by atoms with Gasteiger partial charge in [-0.15, -0.1) is 0 Å². The van der Waals surface area contributed by atoms with E-state index in [0.717, 1.165) is 11.0 Å². The van der Waals surface area contributed by atoms with E-state index >= 15 is 0 Å². The number of nitrogens with zero attached hydrogens (tertiary/aromatic N) is 1. The van der Waals surface area contributed by atoms with Crippen LogP contribution in [0.1, 0.15) is 31.7 Å². The number of halogens is 2. The Balaban J connectivity index is 1.75. The molecule has 23 heavy (non-hydrogen) atoms. The summed E-state index contributed by atoms with van der Waals surface area (Å²) in [5, 5.41) is 2.89. The Bertz CT molecular complexity index is 556. The van der Waals surface area contributed by atoms with E-state index in [1.54, 1.807) is 12.1 Å². The van der Waals surface area contributed by atoms with Crippen molar-refractivity contribution >= 4 is 27.9 Å². The average Bonchev–Trinajstić information content (AvgIpc) is 2.54. The van der Waals surface area contributed by atoms with Crippen LogP contribution in [0.3, 0.4) is 0 Å². The molecule has 3 nitrogen and oxygen atoms in total. The standard InChI is InChI=1S/C18H24BrFN2O/c1-14(13-22-9-3-2-4-10-22)12-21-18(23)8-5-15-11-16(19)6-7-17(15)20/h5-8,11,14H,2-4,9-10,12-13H2,1H3,(H,21,23). The normalized spacial score (nSPS) is 17.3. The van der Waals surface area contributed by atoms with Gasteiger partial charge in [-0.1, -0.05) is 29.3 Å². The highest BCUT2D eigenvalue weighted by Crippen LogP contribution is 2.16. The van der Waals surface area contributed by atoms with Gasteiger partial charge in [0.1, 0.15) is 5.82 Å². The van der Waals surface area contributed by atoms with Gasteiger partial charge >= 0.3 is 0 Å². The molecule has 1 N–H and O–H groups in total. The molecule has 1 aliphatic rings. The first-order valence-corrected chi connectivity index (χ1v) is 8.97. The molecular weight excluding hydrogens is 359 g/mol. The Morgan fingerprint density at radius 3 is 2.87 bits per heavy atom. The summed E-state index contributed by atoms with van der Waals surface area (Å²) in [6.07, 6.45) is 6.78. The Kier molecular flexibility index (Phi) is 7.24. The lowest BCUT2D eigenvalue weighted by atomic mass is 10.1. The quantitative estimate of drug-likeness (QED) is 0.758. The number of piperidine rings is 1. The van der Waals surface area contributed by atoms with Crippen molar-refractivity contribution in [1.82, 2.24) is 10.2 Å². The Morgan fingerprint density at radius 2 is 2.13 bits per heavy atom. The summed E-state index contributed by atoms with van der Waals surface area (Å²) in [5.74, 6) is -0.112. The van der Waals surface area contributed by atoms with Crippen molar-refractivity contribution in [2.75, 3.05) is 26.2 Å². The van der Waals surface area contributed by atoms with Gasteiger partial charge in [0.15, 0.2) is 0 Å². The molecule has 1 amide bonds. The zero-order valence-electron chi connectivity index (χ0n) is 13.5. The summed E-state index contributed by atoms with van der Waals surface area (Å²) in [5.41, 5.74) is 0.399. The SMILES string of the molecule is CC(CNC(=O)C=Cc1cc(Br)ccc1F)CN1CCCCC1. The molecule has 1 heterocycles. The first-order chi connectivity index (χ1) is 11.0. The van der Waals surface area contributed by atoms with Crippen molar-refractivity contribution in [3.05, 3.63) is 40.1 Å². The molecule has 1 aliphatic heterocycles. The molecule has 126 valence electrons. The van der Waals surface area contributed by atoms with Crippen LogP contribution in [0.4, 0.5) is 4.39 Å². The topological polar surface area (TPSA) is 32.3 Å². The van der Waals surface area contributed by atoms with Gasteiger partial charge in [0.05, 0.1) is 0 Å². The van der Waals surface area contributed by atoms with Crippen molar-refractivity contribution in [3.8, 4) is 0 Å². The van der Waals surface area contributed by atoms with Gasteiger partial charge in [0.2, 0.25) is 5.91 Å². The van der Waals surface area contributed by atoms with Gasteiger partial charge in [-0.3, -0.25) is 4.79 Å². The molecule has 1 fully saturated rings. The van der Waals surface area contributed by atoms with E-state index in [9.17, 15) is 9.18 Å². The number of hydrogen-bond acceptors (Lipinski definition) is 2. The van der Waals surface area contributed by atoms with Gasteiger partial charge in [0, 0.05) is 29.2 Å². The van der Waals surface area contributed by atoms with Crippen molar-refractivity contribution in [2.24, 2.45) is 5.92 Å². The number of hydrogen-bond donors (Lipinski definition) is 1. The van der Waals surface area contributed by atoms with Crippen LogP contribution in [-0.2, 0) is 4.79 Å². The maximum absolute atomic E-state index is 13.6. The minimum Gasteiger partial charge on any atom is -0.352 e. The van der Waals surface area contributed by atoms with Gasteiger partial charge in [-0.2, -0.15) is 0 Å². The van der Waals surface area contributed by atoms with Crippen LogP contribution in [0.25, 0.3) is 6.08 Å². The third-order valence-corrected chi connectivity index (χ3v) is 4.51. The minimum atomic E-state index is -0.337. The number of benzene rings is 1. The first-order valence-electron chi connectivity index (χ1n) is 8.18. The summed E-state index contributed by atoms with van der Waals surface area (Å²) in [6, 6.07) is 4.66. The Labute approximate surface area is 146 Å². The molecule has 1 saturated heterocycles. The summed E-state index contributed by atoms with van der Waals surface area (Å²) in [6.45, 7) is 6.14. The van der Waals surface area contributed by atoms with E-state index in [2.05, 4.69) is 33.1 Å². The van der Waals surface area contributed by atoms with Crippen molar-refractivity contribution in [3.63, 3.8) is 0 Å². The molecule has 1 aromatic carbocycles. The molecule has 0 radical (unpaired) electrons. The van der Waals surface area contributed by atoms with E-state index in [1.165, 1.54) is 50.6 Å². The Hall–Kier alpha value is -1.20. The van der Waals surface area contributed by atoms with E-state index in [0.29, 0.717) is 18.0 Å². The van der Waals surface area contributed by atoms with E-state index < -0.39 is 0 Å². The predicted molar refractivity (Wildman–Crippen MR) is 95.6 cm³/mol. The molecule has 2 rings (SSSR count). The number of amides is 1. The zero-order valence-corrected chi connectivity index (χ0v) is 15.1. The maximum Gasteiger partial charge on any atom is 0.244 e. The lowest BCUT2D eigenvalue weighted by molar-refractivity contribution is -0.116. The number of likely N-dealkylation sites (tertiary alicyclic amines) is 1. The van der Waals surface area contributed by atoms with Gasteiger partial charge in [-0.05, 0) is 56.1 Å². The monoisotopic (exact) mass is 382 g/mol. The number of carbonyl (C=O) groups excluding carboxylic acids is 1. The van der Waals surface area contributed by atoms with Crippen LogP contribution in [0.5, 0.6) is 0 Å². The molecule has 0 aliphatic carbocycles. The lowest BCUT2D eigenvalue weighted by Gasteiger charge is -2.29. The highest BCUT2D eigenvalue weighted by atomic mass is 79.9. The fraction of sp³-hybridized carbons (Fsp3) is 0.500. The second kappa shape index (κ2) is 9.18. The van der Waals surface area contributed by atoms with Gasteiger partial charge in [-0.25, -0.2) is 4.39 Å². The molecular formula is C18H24BrFN2O. The fourth-order valence-electron chi connectivity index (χ4n) is 2.79. The first kappa shape index (κ1) is 18.1. The van der Waals surface area contributed by atoms with Crippen LogP contribution in [0.2, 0.25) is 0 Å². The lowest BCUT2D eigenvalue weighted by Crippen LogP contribution is -2.37. The number of rotatable bonds is 6. The molecule has 0 spiro atoms. The summed E-state index contributed by atoms with van der Waals surface area (Å²) in [7, 11) is 0. The van der Waals surface area contributed by atoms with Crippen LogP contribution in [0.15, 0.2) is 28.7 Å². The van der Waals surface area contributed by atoms with Crippen molar-refractivity contribution < 1.29 is 9.18 Å². The fourth-order valence-corrected chi connectivity index (χ4v) is 3.17. The van der Waals surface area contributed by atoms with Crippen molar-refractivity contribution in [2.45, 2.75) is 26.2 Å². The summed E-state index contributed by atoms with van der Waals surface area (Å²) in [4.78, 5) is 14.3. The van der Waals surface area contributed by atoms with E-state index in [4.69, 9.17) is 0 Å². The maximum atomic E-state index is 13.6. The molecule has 1 atom stereocenters. The summed E-state index contributed by atoms with van der Waals surface area (Å²) < 4.78 is 14.4. The van der Waals surface area contributed by atoms with Gasteiger partial charge in [0.25, 0.3) is 0 Å². The van der Waals surface area contributed by atoms with Crippen LogP contribution in [-0.4, -0.2) is 37.0 Å². The minimum absolute atomic E-state index is 0.185. The number of nitrogens with one attached hydrogen (secondary N) is 1. The zero-order chi connectivity index (χ0) is 16.7. The van der Waals surface area contributed by atoms with Gasteiger partial charge < -0.3 is 10.2 Å². The molecule has 5 heteroatoms. The van der Waals surface area contributed by atoms with Crippen LogP contribution >= 0.6 is 15.9 Å². The average molecular weight is 383 g/mol. The molecule has 0 aromatic heterocycles. The summed E-state index contributed by atoms with van der Waals surface area (Å²) >= 11 is 3.29. The molecule has 1 unspecified atom stereocenters. The van der Waals surface area contributed by atoms with Crippen LogP contribution in [0, 0.1) is 11.7 Å². The molecule has 0 bridgehead atoms. The smallest absolute Gasteiger partial charge is 0.244 e. The molecule has 1 aromatic rings. The highest BCUT2D eigenvalue weighted by Gasteiger charge is 2.13.